The predicted molar refractivity (Wildman–Crippen MR) is 70.0 cm³/mol. The van der Waals surface area contributed by atoms with Crippen LogP contribution in [0.5, 0.6) is 0 Å². The molecule has 0 unspecified atom stereocenters. The molecular formula is C13H13ClFN3. The molecule has 1 fully saturated rings. The smallest absolute Gasteiger partial charge is 0.132 e. The van der Waals surface area contributed by atoms with Gasteiger partial charge in [-0.15, -0.1) is 0 Å². The minimum absolute atomic E-state index is 0.355. The third-order valence-electron chi connectivity index (χ3n) is 3.30. The molecule has 0 amide bonds. The van der Waals surface area contributed by atoms with Crippen molar-refractivity contribution in [3.8, 4) is 11.3 Å². The van der Waals surface area contributed by atoms with E-state index in [1.165, 1.54) is 12.1 Å². The van der Waals surface area contributed by atoms with E-state index in [4.69, 9.17) is 17.3 Å². The molecule has 1 aromatic carbocycles. The Morgan fingerprint density at radius 3 is 2.83 bits per heavy atom. The molecule has 5 heteroatoms. The Kier molecular flexibility index (Phi) is 2.55. The molecule has 18 heavy (non-hydrogen) atoms. The normalized spacial score (nSPS) is 15.1. The number of aromatic nitrogens is 2. The molecule has 0 aliphatic heterocycles. The summed E-state index contributed by atoms with van der Waals surface area (Å²) in [6, 6.07) is 4.41. The summed E-state index contributed by atoms with van der Waals surface area (Å²) in [5.41, 5.74) is 6.86. The van der Waals surface area contributed by atoms with E-state index in [2.05, 4.69) is 4.98 Å². The van der Waals surface area contributed by atoms with E-state index in [9.17, 15) is 4.39 Å². The van der Waals surface area contributed by atoms with Crippen LogP contribution in [0.25, 0.3) is 11.3 Å². The zero-order chi connectivity index (χ0) is 12.9. The van der Waals surface area contributed by atoms with Crippen molar-refractivity contribution in [2.75, 3.05) is 5.73 Å². The summed E-state index contributed by atoms with van der Waals surface area (Å²) in [5.74, 6) is 1.53. The molecule has 94 valence electrons. The van der Waals surface area contributed by atoms with Crippen molar-refractivity contribution in [1.82, 2.24) is 9.55 Å². The molecule has 1 aromatic heterocycles. The van der Waals surface area contributed by atoms with Gasteiger partial charge in [0.2, 0.25) is 0 Å². The van der Waals surface area contributed by atoms with Gasteiger partial charge in [0.25, 0.3) is 0 Å². The van der Waals surface area contributed by atoms with Crippen molar-refractivity contribution < 1.29 is 4.39 Å². The van der Waals surface area contributed by atoms with Crippen molar-refractivity contribution in [3.63, 3.8) is 0 Å². The van der Waals surface area contributed by atoms with E-state index in [1.807, 2.05) is 11.6 Å². The van der Waals surface area contributed by atoms with Crippen LogP contribution >= 0.6 is 11.6 Å². The van der Waals surface area contributed by atoms with Gasteiger partial charge in [-0.05, 0) is 31.0 Å². The first-order chi connectivity index (χ1) is 8.58. The number of anilines is 1. The van der Waals surface area contributed by atoms with Crippen molar-refractivity contribution in [1.29, 1.82) is 0 Å². The molecule has 0 atom stereocenters. The second kappa shape index (κ2) is 3.99. The monoisotopic (exact) mass is 265 g/mol. The third kappa shape index (κ3) is 1.77. The molecule has 2 aromatic rings. The second-order valence-electron chi connectivity index (χ2n) is 4.66. The van der Waals surface area contributed by atoms with Crippen LogP contribution in [0.2, 0.25) is 5.02 Å². The van der Waals surface area contributed by atoms with E-state index in [-0.39, 0.29) is 5.82 Å². The van der Waals surface area contributed by atoms with Gasteiger partial charge in [0.05, 0.1) is 0 Å². The van der Waals surface area contributed by atoms with Crippen LogP contribution in [-0.2, 0) is 7.05 Å². The average molecular weight is 266 g/mol. The van der Waals surface area contributed by atoms with Gasteiger partial charge in [0, 0.05) is 23.6 Å². The standard InChI is InChI=1S/C13H13ClFN3/c1-18-12(16)11(17-13(18)7-2-3-7)9-6-8(14)4-5-10(9)15/h4-7H,2-3,16H2,1H3. The first kappa shape index (κ1) is 11.5. The number of nitrogens with zero attached hydrogens (tertiary/aromatic N) is 2. The molecule has 2 N–H and O–H groups in total. The molecular weight excluding hydrogens is 253 g/mol. The van der Waals surface area contributed by atoms with Crippen molar-refractivity contribution in [2.45, 2.75) is 18.8 Å². The van der Waals surface area contributed by atoms with Crippen LogP contribution in [0.1, 0.15) is 24.6 Å². The second-order valence-corrected chi connectivity index (χ2v) is 5.10. The minimum atomic E-state index is -0.355. The number of imidazole rings is 1. The fourth-order valence-electron chi connectivity index (χ4n) is 2.11. The van der Waals surface area contributed by atoms with Gasteiger partial charge in [-0.25, -0.2) is 9.37 Å². The number of halogens is 2. The molecule has 3 rings (SSSR count). The highest BCUT2D eigenvalue weighted by Gasteiger charge is 2.30. The maximum atomic E-state index is 13.8. The Hall–Kier alpha value is -1.55. The summed E-state index contributed by atoms with van der Waals surface area (Å²) >= 11 is 5.90. The van der Waals surface area contributed by atoms with Crippen LogP contribution in [0.3, 0.4) is 0 Å². The zero-order valence-corrected chi connectivity index (χ0v) is 10.7. The molecule has 0 bridgehead atoms. The quantitative estimate of drug-likeness (QED) is 0.905. The molecule has 1 aliphatic rings. The number of benzene rings is 1. The Morgan fingerprint density at radius 1 is 1.44 bits per heavy atom. The highest BCUT2D eigenvalue weighted by atomic mass is 35.5. The zero-order valence-electron chi connectivity index (χ0n) is 9.95. The van der Waals surface area contributed by atoms with Gasteiger partial charge in [0.1, 0.15) is 23.2 Å². The van der Waals surface area contributed by atoms with Crippen molar-refractivity contribution >= 4 is 17.4 Å². The summed E-state index contributed by atoms with van der Waals surface area (Å²) in [6.45, 7) is 0. The van der Waals surface area contributed by atoms with Gasteiger partial charge >= 0.3 is 0 Å². The van der Waals surface area contributed by atoms with E-state index in [0.717, 1.165) is 18.7 Å². The third-order valence-corrected chi connectivity index (χ3v) is 3.54. The highest BCUT2D eigenvalue weighted by molar-refractivity contribution is 6.30. The Bertz CT molecular complexity index is 617. The summed E-state index contributed by atoms with van der Waals surface area (Å²) in [7, 11) is 1.86. The van der Waals surface area contributed by atoms with E-state index >= 15 is 0 Å². The Morgan fingerprint density at radius 2 is 2.17 bits per heavy atom. The molecule has 0 radical (unpaired) electrons. The minimum Gasteiger partial charge on any atom is -0.383 e. The largest absolute Gasteiger partial charge is 0.383 e. The van der Waals surface area contributed by atoms with Gasteiger partial charge < -0.3 is 10.3 Å². The lowest BCUT2D eigenvalue weighted by Gasteiger charge is -2.02. The van der Waals surface area contributed by atoms with Crippen LogP contribution in [0.15, 0.2) is 18.2 Å². The molecule has 1 saturated carbocycles. The molecule has 1 heterocycles. The number of hydrogen-bond donors (Lipinski definition) is 1. The topological polar surface area (TPSA) is 43.8 Å². The van der Waals surface area contributed by atoms with Gasteiger partial charge in [-0.1, -0.05) is 11.6 Å². The lowest BCUT2D eigenvalue weighted by Crippen LogP contribution is -2.00. The summed E-state index contributed by atoms with van der Waals surface area (Å²) in [6.07, 6.45) is 2.25. The van der Waals surface area contributed by atoms with Gasteiger partial charge in [-0.2, -0.15) is 0 Å². The Balaban J connectivity index is 2.16. The highest BCUT2D eigenvalue weighted by Crippen LogP contribution is 2.42. The molecule has 3 nitrogen and oxygen atoms in total. The maximum absolute atomic E-state index is 13.8. The maximum Gasteiger partial charge on any atom is 0.132 e. The van der Waals surface area contributed by atoms with E-state index in [1.54, 1.807) is 6.07 Å². The summed E-state index contributed by atoms with van der Waals surface area (Å²) < 4.78 is 15.7. The van der Waals surface area contributed by atoms with Gasteiger partial charge in [0.15, 0.2) is 0 Å². The lowest BCUT2D eigenvalue weighted by molar-refractivity contribution is 0.631. The SMILES string of the molecule is Cn1c(C2CC2)nc(-c2cc(Cl)ccc2F)c1N. The van der Waals surface area contributed by atoms with E-state index in [0.29, 0.717) is 28.0 Å². The molecule has 0 saturated heterocycles. The van der Waals surface area contributed by atoms with Crippen molar-refractivity contribution in [3.05, 3.63) is 34.9 Å². The first-order valence-corrected chi connectivity index (χ1v) is 6.23. The van der Waals surface area contributed by atoms with Crippen LogP contribution in [0, 0.1) is 5.82 Å². The number of rotatable bonds is 2. The van der Waals surface area contributed by atoms with Crippen LogP contribution < -0.4 is 5.73 Å². The number of nitrogen functional groups attached to an aromatic ring is 1. The Labute approximate surface area is 109 Å². The molecule has 0 spiro atoms. The first-order valence-electron chi connectivity index (χ1n) is 5.85. The van der Waals surface area contributed by atoms with E-state index < -0.39 is 0 Å². The van der Waals surface area contributed by atoms with Crippen LogP contribution in [0.4, 0.5) is 10.2 Å². The summed E-state index contributed by atoms with van der Waals surface area (Å²) in [5, 5.41) is 0.476. The van der Waals surface area contributed by atoms with Crippen molar-refractivity contribution in [2.24, 2.45) is 7.05 Å². The number of nitrogens with two attached hydrogens (primary N) is 1. The lowest BCUT2D eigenvalue weighted by atomic mass is 10.1. The van der Waals surface area contributed by atoms with Crippen LogP contribution in [-0.4, -0.2) is 9.55 Å². The van der Waals surface area contributed by atoms with Gasteiger partial charge in [-0.3, -0.25) is 0 Å². The fourth-order valence-corrected chi connectivity index (χ4v) is 2.29. The molecule has 1 aliphatic carbocycles. The number of hydrogen-bond acceptors (Lipinski definition) is 2. The predicted octanol–water partition coefficient (Wildman–Crippen LogP) is 3.34. The average Bonchev–Trinajstić information content (AvgIpc) is 3.13. The summed E-state index contributed by atoms with van der Waals surface area (Å²) in [4.78, 5) is 4.48. The fraction of sp³-hybridized carbons (Fsp3) is 0.308.